The van der Waals surface area contributed by atoms with Gasteiger partial charge in [-0.2, -0.15) is 14.6 Å². The molecule has 0 aliphatic heterocycles. The molecule has 2 heterocycles. The molecule has 0 saturated carbocycles. The van der Waals surface area contributed by atoms with Gasteiger partial charge < -0.3 is 4.57 Å². The molecule has 0 aliphatic carbocycles. The first kappa shape index (κ1) is 11.2. The van der Waals surface area contributed by atoms with Gasteiger partial charge >= 0.3 is 0 Å². The normalized spacial score (nSPS) is 11.4. The van der Waals surface area contributed by atoms with Crippen LogP contribution in [0.15, 0.2) is 54.9 Å². The van der Waals surface area contributed by atoms with Crippen LogP contribution in [0, 0.1) is 5.82 Å². The third-order valence-corrected chi connectivity index (χ3v) is 3.46. The van der Waals surface area contributed by atoms with E-state index in [0.29, 0.717) is 12.1 Å². The van der Waals surface area contributed by atoms with Crippen molar-refractivity contribution in [2.75, 3.05) is 0 Å². The zero-order valence-electron chi connectivity index (χ0n) is 10.6. The van der Waals surface area contributed by atoms with Crippen LogP contribution in [-0.4, -0.2) is 19.2 Å². The van der Waals surface area contributed by atoms with E-state index in [1.807, 2.05) is 34.9 Å². The second kappa shape index (κ2) is 4.16. The van der Waals surface area contributed by atoms with E-state index in [1.165, 1.54) is 12.4 Å². The van der Waals surface area contributed by atoms with Gasteiger partial charge in [-0.3, -0.25) is 0 Å². The maximum atomic E-state index is 13.9. The van der Waals surface area contributed by atoms with E-state index in [9.17, 15) is 4.39 Å². The fourth-order valence-corrected chi connectivity index (χ4v) is 2.52. The van der Waals surface area contributed by atoms with Crippen molar-refractivity contribution in [3.63, 3.8) is 0 Å². The molecule has 5 heteroatoms. The van der Waals surface area contributed by atoms with Crippen LogP contribution in [0.5, 0.6) is 0 Å². The van der Waals surface area contributed by atoms with Gasteiger partial charge in [0.1, 0.15) is 12.1 Å². The quantitative estimate of drug-likeness (QED) is 0.559. The number of benzene rings is 2. The van der Waals surface area contributed by atoms with Crippen LogP contribution < -0.4 is 0 Å². The van der Waals surface area contributed by atoms with Crippen molar-refractivity contribution >= 4 is 16.8 Å². The number of aromatic nitrogens is 4. The number of hydrogen-bond acceptors (Lipinski definition) is 2. The van der Waals surface area contributed by atoms with E-state index in [0.717, 1.165) is 16.8 Å². The van der Waals surface area contributed by atoms with Gasteiger partial charge in [0.15, 0.2) is 0 Å². The molecule has 0 spiro atoms. The lowest BCUT2D eigenvalue weighted by Crippen LogP contribution is -2.02. The minimum Gasteiger partial charge on any atom is -0.304 e. The summed E-state index contributed by atoms with van der Waals surface area (Å²) in [6, 6.07) is 14.7. The highest BCUT2D eigenvalue weighted by atomic mass is 19.1. The monoisotopic (exact) mass is 266 g/mol. The van der Waals surface area contributed by atoms with Crippen LogP contribution in [0.25, 0.3) is 16.8 Å². The smallest absolute Gasteiger partial charge is 0.233 e. The summed E-state index contributed by atoms with van der Waals surface area (Å²) in [5, 5.41) is 4.22. The highest BCUT2D eigenvalue weighted by molar-refractivity contribution is 5.80. The minimum absolute atomic E-state index is 0.206. The number of para-hydroxylation sites is 2. The molecule has 0 aliphatic rings. The number of halogens is 1. The zero-order valence-corrected chi connectivity index (χ0v) is 10.6. The highest BCUT2D eigenvalue weighted by Gasteiger charge is 2.13. The molecule has 0 fully saturated rings. The van der Waals surface area contributed by atoms with Gasteiger partial charge in [-0.05, 0) is 18.2 Å². The average molecular weight is 266 g/mol. The summed E-state index contributed by atoms with van der Waals surface area (Å²) in [6.45, 7) is 0.433. The lowest BCUT2D eigenvalue weighted by molar-refractivity contribution is 0.603. The van der Waals surface area contributed by atoms with E-state index in [1.54, 1.807) is 16.6 Å². The Bertz CT molecular complexity index is 906. The molecular weight excluding hydrogens is 255 g/mol. The van der Waals surface area contributed by atoms with E-state index in [2.05, 4.69) is 10.1 Å². The summed E-state index contributed by atoms with van der Waals surface area (Å²) in [5.41, 5.74) is 2.60. The first-order chi connectivity index (χ1) is 9.84. The lowest BCUT2D eigenvalue weighted by Gasteiger charge is -2.06. The van der Waals surface area contributed by atoms with E-state index < -0.39 is 0 Å². The second-order valence-corrected chi connectivity index (χ2v) is 4.64. The molecule has 4 nitrogen and oxygen atoms in total. The van der Waals surface area contributed by atoms with Crippen molar-refractivity contribution in [2.45, 2.75) is 6.54 Å². The molecule has 0 saturated heterocycles. The second-order valence-electron chi connectivity index (χ2n) is 4.64. The van der Waals surface area contributed by atoms with Gasteiger partial charge in [0.05, 0.1) is 17.6 Å². The lowest BCUT2D eigenvalue weighted by atomic mass is 10.2. The summed E-state index contributed by atoms with van der Waals surface area (Å²) < 4.78 is 17.6. The Morgan fingerprint density at radius 2 is 1.70 bits per heavy atom. The van der Waals surface area contributed by atoms with Crippen molar-refractivity contribution in [2.24, 2.45) is 0 Å². The molecule has 98 valence electrons. The molecule has 0 radical (unpaired) electrons. The highest BCUT2D eigenvalue weighted by Crippen LogP contribution is 2.20. The van der Waals surface area contributed by atoms with Gasteiger partial charge in [-0.25, -0.2) is 4.39 Å². The Morgan fingerprint density at radius 1 is 0.950 bits per heavy atom. The molecule has 0 N–H and O–H groups in total. The van der Waals surface area contributed by atoms with Crippen molar-refractivity contribution in [1.29, 1.82) is 0 Å². The summed E-state index contributed by atoms with van der Waals surface area (Å²) in [4.78, 5) is 4.27. The van der Waals surface area contributed by atoms with Crippen LogP contribution >= 0.6 is 0 Å². The van der Waals surface area contributed by atoms with E-state index >= 15 is 0 Å². The summed E-state index contributed by atoms with van der Waals surface area (Å²) in [6.07, 6.45) is 1.51. The average Bonchev–Trinajstić information content (AvgIpc) is 3.04. The van der Waals surface area contributed by atoms with Crippen molar-refractivity contribution in [1.82, 2.24) is 19.2 Å². The first-order valence-corrected chi connectivity index (χ1v) is 6.35. The Labute approximate surface area is 114 Å². The van der Waals surface area contributed by atoms with Gasteiger partial charge in [0.25, 0.3) is 0 Å². The molecule has 20 heavy (non-hydrogen) atoms. The zero-order chi connectivity index (χ0) is 13.5. The number of imidazole rings is 1. The molecule has 0 unspecified atom stereocenters. The number of fused-ring (bicyclic) bond motifs is 3. The maximum Gasteiger partial charge on any atom is 0.233 e. The van der Waals surface area contributed by atoms with E-state index in [4.69, 9.17) is 0 Å². The van der Waals surface area contributed by atoms with Crippen LogP contribution in [0.2, 0.25) is 0 Å². The molecule has 0 bridgehead atoms. The van der Waals surface area contributed by atoms with Crippen LogP contribution in [0.1, 0.15) is 5.56 Å². The molecule has 2 aromatic carbocycles. The minimum atomic E-state index is -0.206. The molecule has 4 rings (SSSR count). The molecule has 2 aromatic heterocycles. The predicted octanol–water partition coefficient (Wildman–Crippen LogP) is 2.87. The first-order valence-electron chi connectivity index (χ1n) is 6.35. The van der Waals surface area contributed by atoms with Gasteiger partial charge in [-0.15, -0.1) is 0 Å². The van der Waals surface area contributed by atoms with Crippen molar-refractivity contribution < 1.29 is 4.39 Å². The summed E-state index contributed by atoms with van der Waals surface area (Å²) in [7, 11) is 0. The van der Waals surface area contributed by atoms with Crippen molar-refractivity contribution in [3.05, 3.63) is 66.2 Å². The Morgan fingerprint density at radius 3 is 2.55 bits per heavy atom. The van der Waals surface area contributed by atoms with Crippen LogP contribution in [-0.2, 0) is 6.54 Å². The van der Waals surface area contributed by atoms with Crippen LogP contribution in [0.4, 0.5) is 4.39 Å². The molecule has 0 atom stereocenters. The van der Waals surface area contributed by atoms with E-state index in [-0.39, 0.29) is 5.82 Å². The number of rotatable bonds is 2. The third kappa shape index (κ3) is 1.53. The molecule has 0 amide bonds. The Balaban J connectivity index is 1.97. The standard InChI is InChI=1S/C15H11FN4/c16-12-6-2-1-5-11(12)9-19-13-7-3-4-8-14(13)20-15(19)17-10-18-20/h1-8,10H,9H2. The Hall–Kier alpha value is -2.69. The van der Waals surface area contributed by atoms with Crippen molar-refractivity contribution in [3.8, 4) is 0 Å². The van der Waals surface area contributed by atoms with Gasteiger partial charge in [0, 0.05) is 5.56 Å². The largest absolute Gasteiger partial charge is 0.304 e. The fraction of sp³-hybridized carbons (Fsp3) is 0.0667. The fourth-order valence-electron chi connectivity index (χ4n) is 2.52. The SMILES string of the molecule is Fc1ccccc1Cn1c2ccccc2n2ncnc12. The van der Waals surface area contributed by atoms with Gasteiger partial charge in [-0.1, -0.05) is 30.3 Å². The maximum absolute atomic E-state index is 13.9. The summed E-state index contributed by atoms with van der Waals surface area (Å²) in [5.74, 6) is 0.511. The molecule has 4 aromatic rings. The van der Waals surface area contributed by atoms with Crippen LogP contribution in [0.3, 0.4) is 0 Å². The van der Waals surface area contributed by atoms with Gasteiger partial charge in [0.2, 0.25) is 5.78 Å². The topological polar surface area (TPSA) is 35.1 Å². The predicted molar refractivity (Wildman–Crippen MR) is 74.0 cm³/mol. The summed E-state index contributed by atoms with van der Waals surface area (Å²) >= 11 is 0. The number of nitrogens with zero attached hydrogens (tertiary/aromatic N) is 4. The number of hydrogen-bond donors (Lipinski definition) is 0. The third-order valence-electron chi connectivity index (χ3n) is 3.46. The molecular formula is C15H11FN4. The Kier molecular flexibility index (Phi) is 2.32.